The normalized spacial score (nSPS) is 11.4. The second-order valence-electron chi connectivity index (χ2n) is 2.92. The van der Waals surface area contributed by atoms with Crippen molar-refractivity contribution in [2.24, 2.45) is 5.14 Å². The van der Waals surface area contributed by atoms with Crippen LogP contribution in [-0.2, 0) is 10.0 Å². The third-order valence-electron chi connectivity index (χ3n) is 1.50. The highest BCUT2D eigenvalue weighted by atomic mass is 79.9. The van der Waals surface area contributed by atoms with E-state index in [2.05, 4.69) is 31.2 Å². The maximum Gasteiger partial charge on any atom is 0.210 e. The SMILES string of the molecule is Cc1nc(Br)cc(NCCS(N)(=O)=O)n1. The van der Waals surface area contributed by atoms with Crippen molar-refractivity contribution in [2.45, 2.75) is 6.92 Å². The average Bonchev–Trinajstić information content (AvgIpc) is 1.99. The number of sulfonamides is 1. The molecule has 1 aromatic heterocycles. The number of nitrogens with two attached hydrogens (primary N) is 1. The molecule has 1 rings (SSSR count). The van der Waals surface area contributed by atoms with Crippen molar-refractivity contribution in [1.82, 2.24) is 9.97 Å². The van der Waals surface area contributed by atoms with Gasteiger partial charge in [0.2, 0.25) is 10.0 Å². The van der Waals surface area contributed by atoms with Gasteiger partial charge in [-0.05, 0) is 22.9 Å². The number of aromatic nitrogens is 2. The van der Waals surface area contributed by atoms with Gasteiger partial charge in [-0.15, -0.1) is 0 Å². The summed E-state index contributed by atoms with van der Waals surface area (Å²) in [5.41, 5.74) is 0. The van der Waals surface area contributed by atoms with Crippen molar-refractivity contribution in [2.75, 3.05) is 17.6 Å². The Morgan fingerprint density at radius 1 is 1.53 bits per heavy atom. The number of nitrogens with one attached hydrogen (secondary N) is 1. The topological polar surface area (TPSA) is 98.0 Å². The Balaban J connectivity index is 2.58. The van der Waals surface area contributed by atoms with Crippen LogP contribution < -0.4 is 10.5 Å². The van der Waals surface area contributed by atoms with E-state index in [0.717, 1.165) is 0 Å². The summed E-state index contributed by atoms with van der Waals surface area (Å²) in [7, 11) is -3.43. The third kappa shape index (κ3) is 5.05. The summed E-state index contributed by atoms with van der Waals surface area (Å²) in [5.74, 6) is 1.04. The summed E-state index contributed by atoms with van der Waals surface area (Å²) in [6.07, 6.45) is 0. The Labute approximate surface area is 96.5 Å². The molecule has 3 N–H and O–H groups in total. The van der Waals surface area contributed by atoms with Gasteiger partial charge in [0.15, 0.2) is 0 Å². The highest BCUT2D eigenvalue weighted by Gasteiger charge is 2.03. The lowest BCUT2D eigenvalue weighted by atomic mass is 10.5. The summed E-state index contributed by atoms with van der Waals surface area (Å²) in [4.78, 5) is 8.08. The van der Waals surface area contributed by atoms with Crippen LogP contribution >= 0.6 is 15.9 Å². The van der Waals surface area contributed by atoms with Crippen LogP contribution in [0.2, 0.25) is 0 Å². The van der Waals surface area contributed by atoms with Crippen LogP contribution in [0.3, 0.4) is 0 Å². The van der Waals surface area contributed by atoms with Crippen molar-refractivity contribution < 1.29 is 8.42 Å². The molecule has 0 spiro atoms. The van der Waals surface area contributed by atoms with E-state index in [4.69, 9.17) is 5.14 Å². The zero-order chi connectivity index (χ0) is 11.5. The highest BCUT2D eigenvalue weighted by Crippen LogP contribution is 2.11. The molecule has 0 saturated heterocycles. The predicted molar refractivity (Wildman–Crippen MR) is 60.9 cm³/mol. The van der Waals surface area contributed by atoms with Gasteiger partial charge in [0.05, 0.1) is 5.75 Å². The number of nitrogens with zero attached hydrogens (tertiary/aromatic N) is 2. The van der Waals surface area contributed by atoms with Gasteiger partial charge in [-0.3, -0.25) is 0 Å². The zero-order valence-electron chi connectivity index (χ0n) is 8.07. The van der Waals surface area contributed by atoms with Crippen molar-refractivity contribution in [3.8, 4) is 0 Å². The quantitative estimate of drug-likeness (QED) is 0.776. The number of rotatable bonds is 4. The fraction of sp³-hybridized carbons (Fsp3) is 0.429. The summed E-state index contributed by atoms with van der Waals surface area (Å²) >= 11 is 3.21. The maximum atomic E-state index is 10.7. The minimum atomic E-state index is -3.43. The van der Waals surface area contributed by atoms with Gasteiger partial charge in [0.1, 0.15) is 16.2 Å². The first-order chi connectivity index (χ1) is 6.87. The number of anilines is 1. The lowest BCUT2D eigenvalue weighted by Gasteiger charge is -2.05. The predicted octanol–water partition coefficient (Wildman–Crippen LogP) is 0.248. The molecule has 8 heteroatoms. The van der Waals surface area contributed by atoms with Crippen LogP contribution in [0.15, 0.2) is 10.7 Å². The molecule has 0 aliphatic heterocycles. The molecular weight excluding hydrogens is 284 g/mol. The van der Waals surface area contributed by atoms with Crippen molar-refractivity contribution in [1.29, 1.82) is 0 Å². The number of hydrogen-bond donors (Lipinski definition) is 2. The molecule has 0 aromatic carbocycles. The van der Waals surface area contributed by atoms with E-state index < -0.39 is 10.0 Å². The van der Waals surface area contributed by atoms with Crippen LogP contribution in [0.4, 0.5) is 5.82 Å². The molecule has 84 valence electrons. The summed E-state index contributed by atoms with van der Waals surface area (Å²) in [6.45, 7) is 1.97. The lowest BCUT2D eigenvalue weighted by Crippen LogP contribution is -2.22. The first-order valence-corrected chi connectivity index (χ1v) is 6.63. The second kappa shape index (κ2) is 4.86. The van der Waals surface area contributed by atoms with Crippen LogP contribution in [0, 0.1) is 6.92 Å². The van der Waals surface area contributed by atoms with Crippen molar-refractivity contribution in [3.63, 3.8) is 0 Å². The standard InChI is InChI=1S/C7H11BrN4O2S/c1-5-11-6(8)4-7(12-5)10-2-3-15(9,13)14/h4H,2-3H2,1H3,(H2,9,13,14)(H,10,11,12). The van der Waals surface area contributed by atoms with Gasteiger partial charge in [0, 0.05) is 12.6 Å². The molecule has 1 heterocycles. The molecule has 0 amide bonds. The van der Waals surface area contributed by atoms with Gasteiger partial charge >= 0.3 is 0 Å². The van der Waals surface area contributed by atoms with Crippen molar-refractivity contribution >= 4 is 31.8 Å². The monoisotopic (exact) mass is 294 g/mol. The van der Waals surface area contributed by atoms with E-state index in [1.165, 1.54) is 0 Å². The Kier molecular flexibility index (Phi) is 4.00. The summed E-state index contributed by atoms with van der Waals surface area (Å²) < 4.78 is 21.9. The third-order valence-corrected chi connectivity index (χ3v) is 2.68. The molecule has 0 aliphatic carbocycles. The Hall–Kier alpha value is -0.730. The van der Waals surface area contributed by atoms with E-state index in [0.29, 0.717) is 16.2 Å². The molecule has 6 nitrogen and oxygen atoms in total. The molecule has 0 saturated carbocycles. The summed E-state index contributed by atoms with van der Waals surface area (Å²) in [6, 6.07) is 1.66. The minimum absolute atomic E-state index is 0.131. The number of primary sulfonamides is 1. The first-order valence-electron chi connectivity index (χ1n) is 4.12. The van der Waals surface area contributed by atoms with E-state index in [1.54, 1.807) is 13.0 Å². The lowest BCUT2D eigenvalue weighted by molar-refractivity contribution is 0.598. The number of hydrogen-bond acceptors (Lipinski definition) is 5. The largest absolute Gasteiger partial charge is 0.369 e. The molecule has 0 unspecified atom stereocenters. The number of halogens is 1. The van der Waals surface area contributed by atoms with E-state index in [9.17, 15) is 8.42 Å². The Morgan fingerprint density at radius 3 is 2.73 bits per heavy atom. The molecule has 0 aliphatic rings. The van der Waals surface area contributed by atoms with Crippen molar-refractivity contribution in [3.05, 3.63) is 16.5 Å². The van der Waals surface area contributed by atoms with Crippen LogP contribution in [0.1, 0.15) is 5.82 Å². The van der Waals surface area contributed by atoms with E-state index in [-0.39, 0.29) is 12.3 Å². The van der Waals surface area contributed by atoms with Crippen LogP contribution in [-0.4, -0.2) is 30.7 Å². The Bertz CT molecular complexity index is 428. The maximum absolute atomic E-state index is 10.7. The van der Waals surface area contributed by atoms with Gasteiger partial charge in [-0.1, -0.05) is 0 Å². The molecule has 0 atom stereocenters. The highest BCUT2D eigenvalue weighted by molar-refractivity contribution is 9.10. The van der Waals surface area contributed by atoms with Gasteiger partial charge in [0.25, 0.3) is 0 Å². The van der Waals surface area contributed by atoms with Gasteiger partial charge in [-0.25, -0.2) is 23.5 Å². The molecular formula is C7H11BrN4O2S. The summed E-state index contributed by atoms with van der Waals surface area (Å²) in [5, 5.41) is 7.69. The molecule has 0 bridgehead atoms. The number of aryl methyl sites for hydroxylation is 1. The smallest absolute Gasteiger partial charge is 0.210 e. The molecule has 15 heavy (non-hydrogen) atoms. The fourth-order valence-electron chi connectivity index (χ4n) is 0.943. The average molecular weight is 295 g/mol. The van der Waals surface area contributed by atoms with Crippen LogP contribution in [0.25, 0.3) is 0 Å². The van der Waals surface area contributed by atoms with Crippen LogP contribution in [0.5, 0.6) is 0 Å². The van der Waals surface area contributed by atoms with Gasteiger partial charge in [-0.2, -0.15) is 0 Å². The molecule has 0 fully saturated rings. The second-order valence-corrected chi connectivity index (χ2v) is 5.46. The first kappa shape index (κ1) is 12.3. The molecule has 0 radical (unpaired) electrons. The minimum Gasteiger partial charge on any atom is -0.369 e. The molecule has 1 aromatic rings. The van der Waals surface area contributed by atoms with E-state index in [1.807, 2.05) is 0 Å². The Morgan fingerprint density at radius 2 is 2.20 bits per heavy atom. The van der Waals surface area contributed by atoms with E-state index >= 15 is 0 Å². The van der Waals surface area contributed by atoms with Gasteiger partial charge < -0.3 is 5.32 Å². The fourth-order valence-corrected chi connectivity index (χ4v) is 1.80. The zero-order valence-corrected chi connectivity index (χ0v) is 10.5.